The van der Waals surface area contributed by atoms with E-state index in [1.54, 1.807) is 11.3 Å². The molecule has 7 heteroatoms. The summed E-state index contributed by atoms with van der Waals surface area (Å²) in [7, 11) is 0. The predicted octanol–water partition coefficient (Wildman–Crippen LogP) is 3.90. The minimum Gasteiger partial charge on any atom is -0.379 e. The number of morpholine rings is 1. The molecule has 148 valence electrons. The fourth-order valence-electron chi connectivity index (χ4n) is 3.48. The van der Waals surface area contributed by atoms with Gasteiger partial charge in [0.05, 0.1) is 25.1 Å². The lowest BCUT2D eigenvalue weighted by molar-refractivity contribution is 0.0342. The molecule has 0 radical (unpaired) electrons. The van der Waals surface area contributed by atoms with E-state index in [2.05, 4.69) is 51.7 Å². The average molecular weight is 406 g/mol. The van der Waals surface area contributed by atoms with Gasteiger partial charge in [-0.15, -0.1) is 5.10 Å². The number of nitrogens with zero attached hydrogens (tertiary/aromatic N) is 4. The van der Waals surface area contributed by atoms with Crippen LogP contribution in [0, 0.1) is 0 Å². The van der Waals surface area contributed by atoms with Crippen molar-refractivity contribution >= 4 is 21.4 Å². The van der Waals surface area contributed by atoms with Crippen LogP contribution in [0.25, 0.3) is 16.2 Å². The van der Waals surface area contributed by atoms with Gasteiger partial charge in [0.15, 0.2) is 0 Å². The van der Waals surface area contributed by atoms with E-state index < -0.39 is 0 Å². The Morgan fingerprint density at radius 3 is 2.48 bits per heavy atom. The molecule has 0 unspecified atom stereocenters. The maximum absolute atomic E-state index is 5.41. The second-order valence-corrected chi connectivity index (χ2v) is 8.14. The molecule has 29 heavy (non-hydrogen) atoms. The molecule has 1 aliphatic rings. The van der Waals surface area contributed by atoms with Crippen LogP contribution < -0.4 is 5.32 Å². The van der Waals surface area contributed by atoms with Gasteiger partial charge in [0, 0.05) is 31.7 Å². The topological polar surface area (TPSA) is 54.7 Å². The van der Waals surface area contributed by atoms with Crippen molar-refractivity contribution in [2.24, 2.45) is 0 Å². The molecule has 3 heterocycles. The maximum Gasteiger partial charge on any atom is 0.214 e. The van der Waals surface area contributed by atoms with Crippen LogP contribution in [0.1, 0.15) is 11.1 Å². The molecule has 1 saturated heterocycles. The first kappa shape index (κ1) is 18.3. The van der Waals surface area contributed by atoms with Crippen molar-refractivity contribution in [3.63, 3.8) is 0 Å². The molecule has 6 nitrogen and oxygen atoms in total. The van der Waals surface area contributed by atoms with Gasteiger partial charge in [-0.05, 0) is 11.1 Å². The third-order valence-electron chi connectivity index (χ3n) is 5.09. The Bertz CT molecular complexity index is 1040. The van der Waals surface area contributed by atoms with Crippen LogP contribution in [0.15, 0.2) is 60.8 Å². The highest BCUT2D eigenvalue weighted by Crippen LogP contribution is 2.24. The Morgan fingerprint density at radius 1 is 0.966 bits per heavy atom. The van der Waals surface area contributed by atoms with Gasteiger partial charge in [-0.2, -0.15) is 0 Å². The standard InChI is InChI=1S/C22H23N5OS/c1-2-4-19(5-3-1)20-16-27-22(24-20)29-21(25-27)23-14-17-6-8-18(9-7-17)15-26-10-12-28-13-11-26/h1-9,16H,10-15H2,(H,23,25). The number of fused-ring (bicyclic) bond motifs is 1. The first-order valence-electron chi connectivity index (χ1n) is 9.87. The summed E-state index contributed by atoms with van der Waals surface area (Å²) >= 11 is 1.57. The monoisotopic (exact) mass is 405 g/mol. The van der Waals surface area contributed by atoms with E-state index >= 15 is 0 Å². The molecule has 2 aromatic heterocycles. The third-order valence-corrected chi connectivity index (χ3v) is 5.97. The highest BCUT2D eigenvalue weighted by atomic mass is 32.1. The third kappa shape index (κ3) is 4.32. The first-order chi connectivity index (χ1) is 14.3. The first-order valence-corrected chi connectivity index (χ1v) is 10.7. The fourth-order valence-corrected chi connectivity index (χ4v) is 4.25. The lowest BCUT2D eigenvalue weighted by Crippen LogP contribution is -2.35. The molecule has 0 saturated carbocycles. The van der Waals surface area contributed by atoms with Crippen LogP contribution in [0.5, 0.6) is 0 Å². The molecule has 0 spiro atoms. The quantitative estimate of drug-likeness (QED) is 0.527. The molecule has 1 fully saturated rings. The minimum atomic E-state index is 0.750. The normalized spacial score (nSPS) is 15.0. The molecular weight excluding hydrogens is 382 g/mol. The summed E-state index contributed by atoms with van der Waals surface area (Å²) in [4.78, 5) is 8.02. The zero-order valence-electron chi connectivity index (χ0n) is 16.1. The second kappa shape index (κ2) is 8.32. The van der Waals surface area contributed by atoms with Gasteiger partial charge in [-0.3, -0.25) is 4.90 Å². The van der Waals surface area contributed by atoms with Crippen molar-refractivity contribution in [3.8, 4) is 11.3 Å². The minimum absolute atomic E-state index is 0.750. The van der Waals surface area contributed by atoms with Gasteiger partial charge in [-0.25, -0.2) is 9.50 Å². The zero-order chi connectivity index (χ0) is 19.5. The number of ether oxygens (including phenoxy) is 1. The summed E-state index contributed by atoms with van der Waals surface area (Å²) in [6.07, 6.45) is 1.98. The van der Waals surface area contributed by atoms with E-state index in [1.165, 1.54) is 11.1 Å². The molecular formula is C22H23N5OS. The van der Waals surface area contributed by atoms with Crippen LogP contribution in [-0.2, 0) is 17.8 Å². The van der Waals surface area contributed by atoms with Crippen molar-refractivity contribution in [2.45, 2.75) is 13.1 Å². The van der Waals surface area contributed by atoms with Crippen LogP contribution in [0.4, 0.5) is 5.13 Å². The van der Waals surface area contributed by atoms with Crippen LogP contribution in [-0.4, -0.2) is 45.8 Å². The summed E-state index contributed by atoms with van der Waals surface area (Å²) in [6, 6.07) is 19.0. The number of nitrogens with one attached hydrogen (secondary N) is 1. The lowest BCUT2D eigenvalue weighted by atomic mass is 10.1. The summed E-state index contributed by atoms with van der Waals surface area (Å²) in [5, 5.41) is 8.91. The number of rotatable bonds is 6. The molecule has 1 aliphatic heterocycles. The van der Waals surface area contributed by atoms with E-state index in [1.807, 2.05) is 28.9 Å². The molecule has 0 aliphatic carbocycles. The van der Waals surface area contributed by atoms with Gasteiger partial charge in [0.2, 0.25) is 10.1 Å². The number of anilines is 1. The van der Waals surface area contributed by atoms with Gasteiger partial charge in [0.25, 0.3) is 0 Å². The second-order valence-electron chi connectivity index (χ2n) is 7.19. The Morgan fingerprint density at radius 2 is 1.72 bits per heavy atom. The largest absolute Gasteiger partial charge is 0.379 e. The highest BCUT2D eigenvalue weighted by Gasteiger charge is 2.11. The number of hydrogen-bond acceptors (Lipinski definition) is 6. The summed E-state index contributed by atoms with van der Waals surface area (Å²) in [6.45, 7) is 5.45. The number of benzene rings is 2. The number of aromatic nitrogens is 3. The number of hydrogen-bond donors (Lipinski definition) is 1. The van der Waals surface area contributed by atoms with Gasteiger partial charge in [-0.1, -0.05) is 65.9 Å². The van der Waals surface area contributed by atoms with E-state index in [-0.39, 0.29) is 0 Å². The Labute approximate surface area is 173 Å². The molecule has 5 rings (SSSR count). The van der Waals surface area contributed by atoms with Gasteiger partial charge >= 0.3 is 0 Å². The van der Waals surface area contributed by atoms with Crippen molar-refractivity contribution in [1.29, 1.82) is 0 Å². The zero-order valence-corrected chi connectivity index (χ0v) is 16.9. The molecule has 4 aromatic rings. The SMILES string of the molecule is c1ccc(-c2cn3nc(NCc4ccc(CN5CCOCC5)cc4)sc3n2)cc1. The van der Waals surface area contributed by atoms with Crippen LogP contribution in [0.2, 0.25) is 0 Å². The molecule has 1 N–H and O–H groups in total. The molecule has 0 atom stereocenters. The summed E-state index contributed by atoms with van der Waals surface area (Å²) < 4.78 is 7.26. The Balaban J connectivity index is 1.19. The lowest BCUT2D eigenvalue weighted by Gasteiger charge is -2.26. The van der Waals surface area contributed by atoms with E-state index in [0.29, 0.717) is 0 Å². The van der Waals surface area contributed by atoms with E-state index in [0.717, 1.165) is 60.7 Å². The smallest absolute Gasteiger partial charge is 0.214 e. The van der Waals surface area contributed by atoms with Crippen molar-refractivity contribution < 1.29 is 4.74 Å². The van der Waals surface area contributed by atoms with E-state index in [4.69, 9.17) is 9.72 Å². The highest BCUT2D eigenvalue weighted by molar-refractivity contribution is 7.20. The maximum atomic E-state index is 5.41. The molecule has 0 bridgehead atoms. The average Bonchev–Trinajstić information content (AvgIpc) is 3.34. The van der Waals surface area contributed by atoms with Gasteiger partial charge < -0.3 is 10.1 Å². The molecule has 0 amide bonds. The molecule has 2 aromatic carbocycles. The van der Waals surface area contributed by atoms with Crippen LogP contribution in [0.3, 0.4) is 0 Å². The summed E-state index contributed by atoms with van der Waals surface area (Å²) in [5.74, 6) is 0. The summed E-state index contributed by atoms with van der Waals surface area (Å²) in [5.41, 5.74) is 4.65. The van der Waals surface area contributed by atoms with E-state index in [9.17, 15) is 0 Å². The fraction of sp³-hybridized carbons (Fsp3) is 0.273. The van der Waals surface area contributed by atoms with Crippen LogP contribution >= 0.6 is 11.3 Å². The van der Waals surface area contributed by atoms with Gasteiger partial charge in [0.1, 0.15) is 0 Å². The Hall–Kier alpha value is -2.74. The Kier molecular flexibility index (Phi) is 5.25. The van der Waals surface area contributed by atoms with Crippen molar-refractivity contribution in [2.75, 3.05) is 31.6 Å². The van der Waals surface area contributed by atoms with Crippen molar-refractivity contribution in [1.82, 2.24) is 19.5 Å². The van der Waals surface area contributed by atoms with Crippen molar-refractivity contribution in [3.05, 3.63) is 71.9 Å². The number of imidazole rings is 1. The predicted molar refractivity (Wildman–Crippen MR) is 116 cm³/mol.